The van der Waals surface area contributed by atoms with Gasteiger partial charge < -0.3 is 5.32 Å². The zero-order chi connectivity index (χ0) is 15.8. The average molecular weight is 332 g/mol. The molecule has 1 unspecified atom stereocenters. The van der Waals surface area contributed by atoms with E-state index in [1.807, 2.05) is 37.3 Å². The summed E-state index contributed by atoms with van der Waals surface area (Å²) in [7, 11) is 0. The van der Waals surface area contributed by atoms with Gasteiger partial charge in [0.1, 0.15) is 0 Å². The third kappa shape index (κ3) is 5.43. The lowest BCUT2D eigenvalue weighted by Crippen LogP contribution is -2.28. The van der Waals surface area contributed by atoms with Crippen molar-refractivity contribution in [3.05, 3.63) is 65.7 Å². The predicted octanol–water partition coefficient (Wildman–Crippen LogP) is 4.52. The molecule has 0 heterocycles. The third-order valence-electron chi connectivity index (χ3n) is 3.34. The van der Waals surface area contributed by atoms with E-state index < -0.39 is 0 Å². The van der Waals surface area contributed by atoms with Crippen molar-refractivity contribution in [2.45, 2.75) is 23.6 Å². The maximum absolute atomic E-state index is 12.0. The summed E-state index contributed by atoms with van der Waals surface area (Å²) in [5.41, 5.74) is 2.39. The molecule has 2 nitrogen and oxygen atoms in total. The second kappa shape index (κ2) is 8.91. The fourth-order valence-corrected chi connectivity index (χ4v) is 3.30. The van der Waals surface area contributed by atoms with Crippen LogP contribution in [0, 0.1) is 0 Å². The third-order valence-corrected chi connectivity index (χ3v) is 5.09. The Morgan fingerprint density at radius 1 is 1.09 bits per heavy atom. The van der Waals surface area contributed by atoms with Crippen LogP contribution < -0.4 is 5.32 Å². The monoisotopic (exact) mass is 331 g/mol. The number of rotatable bonds is 7. The molecule has 0 aliphatic heterocycles. The number of hydrogen-bond donors (Lipinski definition) is 1. The van der Waals surface area contributed by atoms with Crippen LogP contribution >= 0.6 is 23.5 Å². The number of thioether (sulfide) groups is 2. The van der Waals surface area contributed by atoms with E-state index in [9.17, 15) is 4.79 Å². The normalized spacial score (nSPS) is 11.9. The van der Waals surface area contributed by atoms with Crippen LogP contribution in [-0.4, -0.2) is 17.9 Å². The van der Waals surface area contributed by atoms with E-state index in [1.165, 1.54) is 10.5 Å². The zero-order valence-corrected chi connectivity index (χ0v) is 14.5. The molecule has 2 rings (SSSR count). The molecular formula is C18H21NOS2. The van der Waals surface area contributed by atoms with Crippen LogP contribution in [-0.2, 0) is 10.5 Å². The Morgan fingerprint density at radius 2 is 1.77 bits per heavy atom. The Labute approximate surface area is 141 Å². The van der Waals surface area contributed by atoms with Crippen molar-refractivity contribution in [1.29, 1.82) is 0 Å². The van der Waals surface area contributed by atoms with Crippen molar-refractivity contribution >= 4 is 29.4 Å². The average Bonchev–Trinajstić information content (AvgIpc) is 2.56. The summed E-state index contributed by atoms with van der Waals surface area (Å²) in [6.45, 7) is 2.01. The summed E-state index contributed by atoms with van der Waals surface area (Å²) in [6, 6.07) is 18.6. The highest BCUT2D eigenvalue weighted by Crippen LogP contribution is 2.18. The molecule has 0 saturated carbocycles. The van der Waals surface area contributed by atoms with Gasteiger partial charge in [-0.05, 0) is 36.4 Å². The Balaban J connectivity index is 1.73. The fourth-order valence-electron chi connectivity index (χ4n) is 2.09. The lowest BCUT2D eigenvalue weighted by Gasteiger charge is -2.14. The molecule has 2 aromatic carbocycles. The van der Waals surface area contributed by atoms with Gasteiger partial charge in [0.25, 0.3) is 0 Å². The highest BCUT2D eigenvalue weighted by Gasteiger charge is 2.09. The second-order valence-corrected chi connectivity index (χ2v) is 6.91. The molecule has 0 radical (unpaired) electrons. The molecule has 0 spiro atoms. The lowest BCUT2D eigenvalue weighted by molar-refractivity contribution is -0.119. The largest absolute Gasteiger partial charge is 0.349 e. The maximum Gasteiger partial charge on any atom is 0.230 e. The van der Waals surface area contributed by atoms with Gasteiger partial charge in [0.2, 0.25) is 5.91 Å². The van der Waals surface area contributed by atoms with Crippen LogP contribution in [0.25, 0.3) is 0 Å². The van der Waals surface area contributed by atoms with E-state index in [0.29, 0.717) is 5.75 Å². The van der Waals surface area contributed by atoms with Gasteiger partial charge >= 0.3 is 0 Å². The van der Waals surface area contributed by atoms with Crippen LogP contribution in [0.1, 0.15) is 24.1 Å². The van der Waals surface area contributed by atoms with E-state index >= 15 is 0 Å². The van der Waals surface area contributed by atoms with Gasteiger partial charge in [-0.15, -0.1) is 23.5 Å². The molecule has 116 valence electrons. The van der Waals surface area contributed by atoms with E-state index in [0.717, 1.165) is 11.3 Å². The summed E-state index contributed by atoms with van der Waals surface area (Å²) in [4.78, 5) is 13.2. The highest BCUT2D eigenvalue weighted by molar-refractivity contribution is 7.99. The first-order valence-electron chi connectivity index (χ1n) is 7.24. The summed E-state index contributed by atoms with van der Waals surface area (Å²) in [6.07, 6.45) is 2.07. The van der Waals surface area contributed by atoms with Crippen molar-refractivity contribution in [3.63, 3.8) is 0 Å². The number of amides is 1. The maximum atomic E-state index is 12.0. The van der Waals surface area contributed by atoms with Crippen LogP contribution in [0.15, 0.2) is 59.5 Å². The molecular weight excluding hydrogens is 310 g/mol. The molecule has 0 aliphatic rings. The Morgan fingerprint density at radius 3 is 2.41 bits per heavy atom. The lowest BCUT2D eigenvalue weighted by atomic mass is 10.1. The van der Waals surface area contributed by atoms with Crippen LogP contribution in [0.2, 0.25) is 0 Å². The predicted molar refractivity (Wildman–Crippen MR) is 97.4 cm³/mol. The highest BCUT2D eigenvalue weighted by atomic mass is 32.2. The molecule has 0 bridgehead atoms. The molecule has 1 amide bonds. The van der Waals surface area contributed by atoms with Crippen LogP contribution in [0.5, 0.6) is 0 Å². The van der Waals surface area contributed by atoms with Crippen molar-refractivity contribution < 1.29 is 4.79 Å². The summed E-state index contributed by atoms with van der Waals surface area (Å²) in [5.74, 6) is 1.44. The van der Waals surface area contributed by atoms with Crippen molar-refractivity contribution in [1.82, 2.24) is 5.32 Å². The van der Waals surface area contributed by atoms with E-state index in [-0.39, 0.29) is 11.9 Å². The smallest absolute Gasteiger partial charge is 0.230 e. The topological polar surface area (TPSA) is 29.1 Å². The zero-order valence-electron chi connectivity index (χ0n) is 12.9. The fraction of sp³-hybridized carbons (Fsp3) is 0.278. The summed E-state index contributed by atoms with van der Waals surface area (Å²) < 4.78 is 0. The molecule has 4 heteroatoms. The molecule has 0 fully saturated rings. The first kappa shape index (κ1) is 17.0. The van der Waals surface area contributed by atoms with Gasteiger partial charge in [0.05, 0.1) is 11.8 Å². The number of carbonyl (C=O) groups is 1. The molecule has 0 aromatic heterocycles. The number of carbonyl (C=O) groups excluding carboxylic acids is 1. The molecule has 22 heavy (non-hydrogen) atoms. The minimum Gasteiger partial charge on any atom is -0.349 e. The Bertz CT molecular complexity index is 584. The van der Waals surface area contributed by atoms with Gasteiger partial charge in [0.15, 0.2) is 0 Å². The van der Waals surface area contributed by atoms with Gasteiger partial charge in [-0.2, -0.15) is 0 Å². The van der Waals surface area contributed by atoms with Gasteiger partial charge in [-0.1, -0.05) is 42.5 Å². The molecule has 0 saturated heterocycles. The number of benzene rings is 2. The molecule has 2 aromatic rings. The van der Waals surface area contributed by atoms with Crippen LogP contribution in [0.4, 0.5) is 0 Å². The van der Waals surface area contributed by atoms with Gasteiger partial charge in [-0.3, -0.25) is 4.79 Å². The number of hydrogen-bond acceptors (Lipinski definition) is 3. The minimum atomic E-state index is 0.0511. The first-order chi connectivity index (χ1) is 10.7. The molecule has 0 aliphatic carbocycles. The van der Waals surface area contributed by atoms with E-state index in [2.05, 4.69) is 35.8 Å². The Kier molecular flexibility index (Phi) is 6.87. The van der Waals surface area contributed by atoms with Crippen LogP contribution in [0.3, 0.4) is 0 Å². The van der Waals surface area contributed by atoms with E-state index in [1.54, 1.807) is 23.5 Å². The quantitative estimate of drug-likeness (QED) is 0.756. The van der Waals surface area contributed by atoms with Crippen molar-refractivity contribution in [2.24, 2.45) is 0 Å². The van der Waals surface area contributed by atoms with Crippen molar-refractivity contribution in [2.75, 3.05) is 12.0 Å². The minimum absolute atomic E-state index is 0.0511. The molecule has 1 N–H and O–H groups in total. The standard InChI is InChI=1S/C18H21NOS2/c1-14(16-6-4-3-5-7-16)19-18(20)13-22-12-15-8-10-17(21-2)11-9-15/h3-11,14H,12-13H2,1-2H3,(H,19,20). The summed E-state index contributed by atoms with van der Waals surface area (Å²) >= 11 is 3.39. The number of nitrogens with one attached hydrogen (secondary N) is 1. The first-order valence-corrected chi connectivity index (χ1v) is 9.62. The second-order valence-electron chi connectivity index (χ2n) is 5.04. The summed E-state index contributed by atoms with van der Waals surface area (Å²) in [5, 5.41) is 3.04. The van der Waals surface area contributed by atoms with E-state index in [4.69, 9.17) is 0 Å². The molecule has 1 atom stereocenters. The van der Waals surface area contributed by atoms with Crippen molar-refractivity contribution in [3.8, 4) is 0 Å². The Hall–Kier alpha value is -1.39. The van der Waals surface area contributed by atoms with Gasteiger partial charge in [0, 0.05) is 10.6 Å². The SMILES string of the molecule is CSc1ccc(CSCC(=O)NC(C)c2ccccc2)cc1. The van der Waals surface area contributed by atoms with Gasteiger partial charge in [-0.25, -0.2) is 0 Å².